The van der Waals surface area contributed by atoms with E-state index in [1.54, 1.807) is 7.11 Å². The van der Waals surface area contributed by atoms with Crippen LogP contribution in [-0.4, -0.2) is 31.6 Å². The zero-order chi connectivity index (χ0) is 11.2. The van der Waals surface area contributed by atoms with E-state index in [2.05, 4.69) is 29.5 Å². The molecule has 1 aromatic rings. The molecule has 0 bridgehead atoms. The zero-order valence-electron chi connectivity index (χ0n) is 9.98. The lowest BCUT2D eigenvalue weighted by Crippen LogP contribution is -2.31. The minimum absolute atomic E-state index is 0.962. The van der Waals surface area contributed by atoms with E-state index in [1.165, 1.54) is 38.0 Å². The lowest BCUT2D eigenvalue weighted by molar-refractivity contribution is 0.257. The highest BCUT2D eigenvalue weighted by atomic mass is 16.5. The number of likely N-dealkylation sites (tertiary alicyclic amines) is 1. The Morgan fingerprint density at radius 3 is 2.81 bits per heavy atom. The maximum absolute atomic E-state index is 5.23. The summed E-state index contributed by atoms with van der Waals surface area (Å²) in [5.74, 6) is 0.962. The fourth-order valence-corrected chi connectivity index (χ4v) is 2.14. The molecule has 2 heteroatoms. The van der Waals surface area contributed by atoms with Gasteiger partial charge in [0.25, 0.3) is 0 Å². The predicted octanol–water partition coefficient (Wildman–Crippen LogP) is 2.54. The van der Waals surface area contributed by atoms with Gasteiger partial charge in [-0.05, 0) is 56.5 Å². The second-order valence-electron chi connectivity index (χ2n) is 4.31. The quantitative estimate of drug-likeness (QED) is 0.770. The van der Waals surface area contributed by atoms with Crippen LogP contribution in [0.15, 0.2) is 24.3 Å². The monoisotopic (exact) mass is 218 g/mol. The van der Waals surface area contributed by atoms with E-state index in [9.17, 15) is 0 Å². The van der Waals surface area contributed by atoms with Gasteiger partial charge in [0.1, 0.15) is 5.75 Å². The molecule has 0 aromatic heterocycles. The van der Waals surface area contributed by atoms with E-state index in [0.29, 0.717) is 0 Å². The minimum Gasteiger partial charge on any atom is -0.497 e. The van der Waals surface area contributed by atoms with E-state index in [1.807, 2.05) is 6.07 Å². The van der Waals surface area contributed by atoms with Gasteiger partial charge in [0.2, 0.25) is 0 Å². The van der Waals surface area contributed by atoms with Crippen LogP contribution in [0, 0.1) is 6.42 Å². The minimum atomic E-state index is 0.962. The number of methoxy groups -OCH3 is 1. The molecule has 1 saturated heterocycles. The number of piperidine rings is 1. The van der Waals surface area contributed by atoms with Crippen LogP contribution in [0.3, 0.4) is 0 Å². The summed E-state index contributed by atoms with van der Waals surface area (Å²) in [4.78, 5) is 2.54. The molecular formula is C14H20NO. The average molecular weight is 218 g/mol. The molecule has 1 aromatic carbocycles. The van der Waals surface area contributed by atoms with E-state index >= 15 is 0 Å². The second kappa shape index (κ2) is 5.90. The summed E-state index contributed by atoms with van der Waals surface area (Å²) in [6.45, 7) is 3.62. The Kier molecular flexibility index (Phi) is 4.23. The van der Waals surface area contributed by atoms with Crippen molar-refractivity contribution >= 4 is 0 Å². The van der Waals surface area contributed by atoms with Gasteiger partial charge in [-0.15, -0.1) is 0 Å². The Bertz CT molecular complexity index is 318. The lowest BCUT2D eigenvalue weighted by Gasteiger charge is -2.26. The molecule has 0 amide bonds. The first kappa shape index (κ1) is 11.5. The van der Waals surface area contributed by atoms with Crippen molar-refractivity contribution in [3.63, 3.8) is 0 Å². The van der Waals surface area contributed by atoms with E-state index in [4.69, 9.17) is 4.74 Å². The van der Waals surface area contributed by atoms with Gasteiger partial charge >= 0.3 is 0 Å². The number of rotatable bonds is 4. The third kappa shape index (κ3) is 3.24. The van der Waals surface area contributed by atoms with Gasteiger partial charge in [-0.1, -0.05) is 12.1 Å². The van der Waals surface area contributed by atoms with Crippen molar-refractivity contribution < 1.29 is 4.74 Å². The third-order valence-electron chi connectivity index (χ3n) is 3.15. The molecule has 0 saturated carbocycles. The first-order valence-electron chi connectivity index (χ1n) is 6.05. The molecule has 0 atom stereocenters. The molecule has 0 spiro atoms. The topological polar surface area (TPSA) is 12.5 Å². The SMILES string of the molecule is COc1cccc(CCN2CC[CH]CC2)c1. The third-order valence-corrected chi connectivity index (χ3v) is 3.15. The van der Waals surface area contributed by atoms with Crippen LogP contribution in [0.2, 0.25) is 0 Å². The molecule has 1 aliphatic rings. The molecule has 0 aliphatic carbocycles. The standard InChI is InChI=1S/C14H20NO/c1-16-14-7-5-6-13(12-14)8-11-15-9-3-2-4-10-15/h2,5-7,12H,3-4,8-11H2,1H3. The van der Waals surface area contributed by atoms with Crippen molar-refractivity contribution in [3.05, 3.63) is 36.2 Å². The van der Waals surface area contributed by atoms with Gasteiger partial charge in [-0.2, -0.15) is 0 Å². The largest absolute Gasteiger partial charge is 0.497 e. The molecule has 2 nitrogen and oxygen atoms in total. The molecular weight excluding hydrogens is 198 g/mol. The second-order valence-corrected chi connectivity index (χ2v) is 4.31. The summed E-state index contributed by atoms with van der Waals surface area (Å²) in [6.07, 6.45) is 6.01. The van der Waals surface area contributed by atoms with Crippen LogP contribution in [0.4, 0.5) is 0 Å². The molecule has 2 rings (SSSR count). The fraction of sp³-hybridized carbons (Fsp3) is 0.500. The normalized spacial score (nSPS) is 17.3. The van der Waals surface area contributed by atoms with Crippen LogP contribution in [0.25, 0.3) is 0 Å². The molecule has 16 heavy (non-hydrogen) atoms. The van der Waals surface area contributed by atoms with Crippen molar-refractivity contribution in [2.75, 3.05) is 26.7 Å². The molecule has 1 radical (unpaired) electrons. The first-order valence-corrected chi connectivity index (χ1v) is 6.05. The van der Waals surface area contributed by atoms with Crippen molar-refractivity contribution in [2.45, 2.75) is 19.3 Å². The molecule has 87 valence electrons. The van der Waals surface area contributed by atoms with Crippen LogP contribution in [0.5, 0.6) is 5.75 Å². The lowest BCUT2D eigenvalue weighted by atomic mass is 10.1. The van der Waals surface area contributed by atoms with Gasteiger partial charge < -0.3 is 9.64 Å². The van der Waals surface area contributed by atoms with Crippen LogP contribution < -0.4 is 4.74 Å². The van der Waals surface area contributed by atoms with Gasteiger partial charge in [0, 0.05) is 6.54 Å². The highest BCUT2D eigenvalue weighted by Gasteiger charge is 2.09. The number of hydrogen-bond donors (Lipinski definition) is 0. The van der Waals surface area contributed by atoms with Gasteiger partial charge in [-0.25, -0.2) is 0 Å². The molecule has 1 fully saturated rings. The number of nitrogens with zero attached hydrogens (tertiary/aromatic N) is 1. The number of benzene rings is 1. The van der Waals surface area contributed by atoms with Crippen molar-refractivity contribution in [1.29, 1.82) is 0 Å². The van der Waals surface area contributed by atoms with Crippen molar-refractivity contribution in [1.82, 2.24) is 4.90 Å². The van der Waals surface area contributed by atoms with Gasteiger partial charge in [-0.3, -0.25) is 0 Å². The Hall–Kier alpha value is -1.02. The molecule has 0 N–H and O–H groups in total. The maximum Gasteiger partial charge on any atom is 0.119 e. The predicted molar refractivity (Wildman–Crippen MR) is 66.7 cm³/mol. The van der Waals surface area contributed by atoms with Crippen molar-refractivity contribution in [2.24, 2.45) is 0 Å². The summed E-state index contributed by atoms with van der Waals surface area (Å²) in [7, 11) is 1.72. The smallest absolute Gasteiger partial charge is 0.119 e. The Morgan fingerprint density at radius 1 is 1.25 bits per heavy atom. The fourth-order valence-electron chi connectivity index (χ4n) is 2.14. The van der Waals surface area contributed by atoms with Crippen LogP contribution in [0.1, 0.15) is 18.4 Å². The Morgan fingerprint density at radius 2 is 2.06 bits per heavy atom. The van der Waals surface area contributed by atoms with Crippen molar-refractivity contribution in [3.8, 4) is 5.75 Å². The van der Waals surface area contributed by atoms with Gasteiger partial charge in [0.15, 0.2) is 0 Å². The summed E-state index contributed by atoms with van der Waals surface area (Å²) in [5.41, 5.74) is 1.37. The number of ether oxygens (including phenoxy) is 1. The van der Waals surface area contributed by atoms with Crippen LogP contribution >= 0.6 is 0 Å². The van der Waals surface area contributed by atoms with E-state index < -0.39 is 0 Å². The summed E-state index contributed by atoms with van der Waals surface area (Å²) in [5, 5.41) is 0. The summed E-state index contributed by atoms with van der Waals surface area (Å²) in [6, 6.07) is 8.38. The summed E-state index contributed by atoms with van der Waals surface area (Å²) >= 11 is 0. The highest BCUT2D eigenvalue weighted by Crippen LogP contribution is 2.14. The number of hydrogen-bond acceptors (Lipinski definition) is 2. The zero-order valence-corrected chi connectivity index (χ0v) is 9.98. The first-order chi connectivity index (χ1) is 7.88. The molecule has 0 unspecified atom stereocenters. The molecule has 1 aliphatic heterocycles. The van der Waals surface area contributed by atoms with E-state index in [-0.39, 0.29) is 0 Å². The Balaban J connectivity index is 1.83. The summed E-state index contributed by atoms with van der Waals surface area (Å²) < 4.78 is 5.23. The maximum atomic E-state index is 5.23. The van der Waals surface area contributed by atoms with Crippen LogP contribution in [-0.2, 0) is 6.42 Å². The Labute approximate surface area is 98.2 Å². The highest BCUT2D eigenvalue weighted by molar-refractivity contribution is 5.28. The van der Waals surface area contributed by atoms with Gasteiger partial charge in [0.05, 0.1) is 7.11 Å². The van der Waals surface area contributed by atoms with E-state index in [0.717, 1.165) is 12.2 Å². The molecule has 1 heterocycles. The average Bonchev–Trinajstić information content (AvgIpc) is 2.38.